The topological polar surface area (TPSA) is 34.9 Å². The zero-order chi connectivity index (χ0) is 21.9. The molecule has 32 heavy (non-hydrogen) atoms. The lowest BCUT2D eigenvalue weighted by Gasteiger charge is -2.13. The lowest BCUT2D eigenvalue weighted by molar-refractivity contribution is 0.103. The molecule has 0 aliphatic heterocycles. The number of carbonyl (C=O) groups is 1. The molecule has 5 rings (SSSR count). The van der Waals surface area contributed by atoms with Gasteiger partial charge in [-0.25, -0.2) is 9.37 Å². The van der Waals surface area contributed by atoms with Crippen LogP contribution in [0.15, 0.2) is 115 Å². The highest BCUT2D eigenvalue weighted by molar-refractivity contribution is 6.12. The lowest BCUT2D eigenvalue weighted by Crippen LogP contribution is -2.11. The summed E-state index contributed by atoms with van der Waals surface area (Å²) in [5.41, 5.74) is 3.90. The van der Waals surface area contributed by atoms with E-state index in [9.17, 15) is 9.18 Å². The predicted octanol–water partition coefficient (Wildman–Crippen LogP) is 6.58. The van der Waals surface area contributed by atoms with Crippen molar-refractivity contribution in [3.63, 3.8) is 0 Å². The molecule has 0 bridgehead atoms. The maximum absolute atomic E-state index is 13.8. The number of hydrogen-bond acceptors (Lipinski definition) is 2. The summed E-state index contributed by atoms with van der Waals surface area (Å²) in [6, 6.07) is 34.7. The Balaban J connectivity index is 1.85. The van der Waals surface area contributed by atoms with Crippen molar-refractivity contribution in [1.29, 1.82) is 0 Å². The van der Waals surface area contributed by atoms with Crippen molar-refractivity contribution >= 4 is 5.78 Å². The normalized spacial score (nSPS) is 10.8. The fraction of sp³-hybridized carbons (Fsp3) is 0. The van der Waals surface area contributed by atoms with Gasteiger partial charge in [-0.2, -0.15) is 0 Å². The average molecular weight is 418 g/mol. The Hall–Kier alpha value is -4.31. The predicted molar refractivity (Wildman–Crippen MR) is 124 cm³/mol. The molecule has 0 saturated carbocycles. The quantitative estimate of drug-likeness (QED) is 0.302. The summed E-state index contributed by atoms with van der Waals surface area (Å²) in [5.74, 6) is 0.161. The van der Waals surface area contributed by atoms with Gasteiger partial charge >= 0.3 is 0 Å². The highest BCUT2D eigenvalue weighted by Gasteiger charge is 2.26. The van der Waals surface area contributed by atoms with Gasteiger partial charge in [0.15, 0.2) is 0 Å². The molecule has 0 radical (unpaired) electrons. The lowest BCUT2D eigenvalue weighted by atomic mass is 10.0. The first-order chi connectivity index (χ1) is 15.7. The summed E-state index contributed by atoms with van der Waals surface area (Å²) in [7, 11) is 0. The van der Waals surface area contributed by atoms with Crippen LogP contribution in [0.2, 0.25) is 0 Å². The van der Waals surface area contributed by atoms with Crippen molar-refractivity contribution in [2.24, 2.45) is 0 Å². The third-order valence-corrected chi connectivity index (χ3v) is 5.29. The molecular formula is C28H19FN2O. The van der Waals surface area contributed by atoms with Crippen LogP contribution in [-0.4, -0.2) is 15.3 Å². The molecule has 5 aromatic rings. The Morgan fingerprint density at radius 1 is 0.656 bits per heavy atom. The molecule has 0 aliphatic rings. The minimum atomic E-state index is -0.338. The van der Waals surface area contributed by atoms with Gasteiger partial charge in [-0.3, -0.25) is 9.36 Å². The Bertz CT molecular complexity index is 1360. The molecule has 0 aliphatic carbocycles. The number of para-hydroxylation sites is 1. The largest absolute Gasteiger partial charge is 0.289 e. The molecule has 4 aromatic carbocycles. The van der Waals surface area contributed by atoms with Gasteiger partial charge in [-0.05, 0) is 36.4 Å². The highest BCUT2D eigenvalue weighted by atomic mass is 19.1. The maximum atomic E-state index is 13.8. The number of carbonyl (C=O) groups excluding carboxylic acids is 1. The second-order valence-corrected chi connectivity index (χ2v) is 7.37. The van der Waals surface area contributed by atoms with Crippen LogP contribution < -0.4 is 0 Å². The molecule has 4 heteroatoms. The van der Waals surface area contributed by atoms with Crippen molar-refractivity contribution in [3.05, 3.63) is 132 Å². The number of benzene rings is 4. The van der Waals surface area contributed by atoms with Gasteiger partial charge in [0.2, 0.25) is 5.78 Å². The smallest absolute Gasteiger partial charge is 0.212 e. The molecule has 0 N–H and O–H groups in total. The number of ketones is 1. The van der Waals surface area contributed by atoms with E-state index in [1.165, 1.54) is 12.1 Å². The summed E-state index contributed by atoms with van der Waals surface area (Å²) in [6.07, 6.45) is 0. The molecule has 1 heterocycles. The summed E-state index contributed by atoms with van der Waals surface area (Å²) in [6.45, 7) is 0. The number of aromatic nitrogens is 2. The van der Waals surface area contributed by atoms with Crippen LogP contribution in [0.5, 0.6) is 0 Å². The molecule has 1 aromatic heterocycles. The van der Waals surface area contributed by atoms with Crippen LogP contribution in [0.25, 0.3) is 28.3 Å². The first-order valence-corrected chi connectivity index (χ1v) is 10.3. The van der Waals surface area contributed by atoms with Crippen molar-refractivity contribution in [1.82, 2.24) is 9.55 Å². The molecule has 0 saturated heterocycles. The van der Waals surface area contributed by atoms with Crippen molar-refractivity contribution in [2.45, 2.75) is 0 Å². The fourth-order valence-corrected chi connectivity index (χ4v) is 3.77. The molecule has 3 nitrogen and oxygen atoms in total. The summed E-state index contributed by atoms with van der Waals surface area (Å²) in [5, 5.41) is 0. The van der Waals surface area contributed by atoms with Crippen LogP contribution in [0.3, 0.4) is 0 Å². The van der Waals surface area contributed by atoms with Crippen molar-refractivity contribution in [3.8, 4) is 28.3 Å². The van der Waals surface area contributed by atoms with E-state index in [2.05, 4.69) is 0 Å². The van der Waals surface area contributed by atoms with Gasteiger partial charge in [-0.15, -0.1) is 0 Å². The molecule has 154 valence electrons. The summed E-state index contributed by atoms with van der Waals surface area (Å²) in [4.78, 5) is 18.7. The summed E-state index contributed by atoms with van der Waals surface area (Å²) >= 11 is 0. The third-order valence-electron chi connectivity index (χ3n) is 5.29. The monoisotopic (exact) mass is 418 g/mol. The van der Waals surface area contributed by atoms with E-state index in [1.54, 1.807) is 24.3 Å². The van der Waals surface area contributed by atoms with Crippen LogP contribution in [0.1, 0.15) is 16.1 Å². The maximum Gasteiger partial charge on any atom is 0.212 e. The van der Waals surface area contributed by atoms with E-state index < -0.39 is 0 Å². The standard InChI is InChI=1S/C28H19FN2O/c29-23-18-16-20(17-19-23)25-26(27(32)21-10-4-1-5-11-21)31(24-14-8-3-9-15-24)28(30-25)22-12-6-2-7-13-22/h1-19H. The fourth-order valence-electron chi connectivity index (χ4n) is 3.77. The number of halogens is 1. The van der Waals surface area contributed by atoms with Gasteiger partial charge in [0, 0.05) is 22.4 Å². The number of rotatable bonds is 5. The van der Waals surface area contributed by atoms with E-state index in [0.29, 0.717) is 28.3 Å². The van der Waals surface area contributed by atoms with E-state index >= 15 is 0 Å². The van der Waals surface area contributed by atoms with Gasteiger partial charge < -0.3 is 0 Å². The minimum absolute atomic E-state index is 0.150. The summed E-state index contributed by atoms with van der Waals surface area (Å²) < 4.78 is 15.5. The Labute approximate surface area is 185 Å². The van der Waals surface area contributed by atoms with E-state index in [1.807, 2.05) is 83.4 Å². The van der Waals surface area contributed by atoms with E-state index in [-0.39, 0.29) is 11.6 Å². The zero-order valence-electron chi connectivity index (χ0n) is 17.2. The van der Waals surface area contributed by atoms with Crippen molar-refractivity contribution in [2.75, 3.05) is 0 Å². The Morgan fingerprint density at radius 2 is 1.22 bits per heavy atom. The van der Waals surface area contributed by atoms with E-state index in [0.717, 1.165) is 11.3 Å². The van der Waals surface area contributed by atoms with Crippen molar-refractivity contribution < 1.29 is 9.18 Å². The molecule has 0 unspecified atom stereocenters. The highest BCUT2D eigenvalue weighted by Crippen LogP contribution is 2.33. The third kappa shape index (κ3) is 3.63. The number of nitrogens with zero attached hydrogens (tertiary/aromatic N) is 2. The van der Waals surface area contributed by atoms with Crippen LogP contribution in [0, 0.1) is 5.82 Å². The molecule has 0 amide bonds. The minimum Gasteiger partial charge on any atom is -0.289 e. The molecule has 0 fully saturated rings. The first kappa shape index (κ1) is 19.6. The SMILES string of the molecule is O=C(c1ccccc1)c1c(-c2ccc(F)cc2)nc(-c2ccccc2)n1-c1ccccc1. The Morgan fingerprint density at radius 3 is 1.84 bits per heavy atom. The first-order valence-electron chi connectivity index (χ1n) is 10.3. The molecule has 0 atom stereocenters. The zero-order valence-corrected chi connectivity index (χ0v) is 17.2. The van der Waals surface area contributed by atoms with Gasteiger partial charge in [0.1, 0.15) is 23.0 Å². The van der Waals surface area contributed by atoms with Gasteiger partial charge in [0.05, 0.1) is 0 Å². The Kier molecular flexibility index (Phi) is 5.18. The van der Waals surface area contributed by atoms with Gasteiger partial charge in [0.25, 0.3) is 0 Å². The average Bonchev–Trinajstić information content (AvgIpc) is 3.26. The molecule has 0 spiro atoms. The number of imidazole rings is 1. The van der Waals surface area contributed by atoms with Crippen LogP contribution in [-0.2, 0) is 0 Å². The van der Waals surface area contributed by atoms with Crippen LogP contribution in [0.4, 0.5) is 4.39 Å². The van der Waals surface area contributed by atoms with Gasteiger partial charge in [-0.1, -0.05) is 78.9 Å². The number of hydrogen-bond donors (Lipinski definition) is 0. The van der Waals surface area contributed by atoms with E-state index in [4.69, 9.17) is 4.98 Å². The van der Waals surface area contributed by atoms with Crippen LogP contribution >= 0.6 is 0 Å². The molecular weight excluding hydrogens is 399 g/mol. The second-order valence-electron chi connectivity index (χ2n) is 7.37. The second kappa shape index (κ2) is 8.44.